The second-order valence-electron chi connectivity index (χ2n) is 7.36. The van der Waals surface area contributed by atoms with Gasteiger partial charge in [-0.05, 0) is 19.3 Å². The zero-order valence-electron chi connectivity index (χ0n) is 16.2. The molecule has 136 valence electrons. The summed E-state index contributed by atoms with van der Waals surface area (Å²) in [7, 11) is 2.24. The Morgan fingerprint density at radius 3 is 1.78 bits per heavy atom. The number of unbranched alkanes of at least 4 members (excludes halogenated alkanes) is 11. The molecule has 1 rings (SSSR count). The monoisotopic (exact) mass is 322 g/mol. The second kappa shape index (κ2) is 13.7. The first-order valence-corrected chi connectivity index (χ1v) is 10.5. The van der Waals surface area contributed by atoms with E-state index in [9.17, 15) is 0 Å². The molecule has 0 aliphatic carbocycles. The van der Waals surface area contributed by atoms with Crippen LogP contribution in [0.1, 0.15) is 104 Å². The van der Waals surface area contributed by atoms with E-state index < -0.39 is 0 Å². The molecule has 1 unspecified atom stereocenters. The SMILES string of the molecule is CCCCCCCCCC1N(C)C=CN1CCCCCCCC. The van der Waals surface area contributed by atoms with Crippen molar-refractivity contribution < 1.29 is 0 Å². The van der Waals surface area contributed by atoms with Crippen LogP contribution >= 0.6 is 0 Å². The molecule has 0 saturated heterocycles. The van der Waals surface area contributed by atoms with Gasteiger partial charge in [-0.15, -0.1) is 0 Å². The van der Waals surface area contributed by atoms with Gasteiger partial charge in [0.25, 0.3) is 0 Å². The lowest BCUT2D eigenvalue weighted by atomic mass is 10.1. The van der Waals surface area contributed by atoms with Crippen molar-refractivity contribution in [3.63, 3.8) is 0 Å². The highest BCUT2D eigenvalue weighted by Crippen LogP contribution is 2.21. The van der Waals surface area contributed by atoms with Crippen molar-refractivity contribution in [3.8, 4) is 0 Å². The summed E-state index contributed by atoms with van der Waals surface area (Å²) in [6, 6.07) is 0. The van der Waals surface area contributed by atoms with Crippen molar-refractivity contribution in [2.45, 2.75) is 110 Å². The van der Waals surface area contributed by atoms with Gasteiger partial charge in [-0.3, -0.25) is 0 Å². The third-order valence-electron chi connectivity index (χ3n) is 5.18. The van der Waals surface area contributed by atoms with Gasteiger partial charge >= 0.3 is 0 Å². The minimum Gasteiger partial charge on any atom is -0.359 e. The first-order chi connectivity index (χ1) is 11.3. The molecule has 0 bridgehead atoms. The summed E-state index contributed by atoms with van der Waals surface area (Å²) in [5.41, 5.74) is 0. The fraction of sp³-hybridized carbons (Fsp3) is 0.905. The van der Waals surface area contributed by atoms with E-state index in [1.165, 1.54) is 96.4 Å². The van der Waals surface area contributed by atoms with Gasteiger partial charge < -0.3 is 9.80 Å². The summed E-state index contributed by atoms with van der Waals surface area (Å²) >= 11 is 0. The molecule has 0 radical (unpaired) electrons. The molecule has 0 aromatic rings. The van der Waals surface area contributed by atoms with Gasteiger partial charge in [0.1, 0.15) is 6.17 Å². The molecule has 0 aromatic heterocycles. The fourth-order valence-electron chi connectivity index (χ4n) is 3.58. The van der Waals surface area contributed by atoms with E-state index in [-0.39, 0.29) is 0 Å². The Labute approximate surface area is 146 Å². The topological polar surface area (TPSA) is 6.48 Å². The molecule has 0 N–H and O–H groups in total. The Morgan fingerprint density at radius 1 is 0.652 bits per heavy atom. The average molecular weight is 323 g/mol. The van der Waals surface area contributed by atoms with E-state index in [0.29, 0.717) is 6.17 Å². The van der Waals surface area contributed by atoms with Crippen molar-refractivity contribution in [2.75, 3.05) is 13.6 Å². The van der Waals surface area contributed by atoms with Crippen LogP contribution in [-0.2, 0) is 0 Å². The molecule has 1 aliphatic rings. The van der Waals surface area contributed by atoms with Gasteiger partial charge in [0, 0.05) is 26.0 Å². The van der Waals surface area contributed by atoms with E-state index in [0.717, 1.165) is 0 Å². The van der Waals surface area contributed by atoms with Crippen LogP contribution in [0, 0.1) is 0 Å². The van der Waals surface area contributed by atoms with Crippen LogP contribution in [0.25, 0.3) is 0 Å². The van der Waals surface area contributed by atoms with Gasteiger partial charge in [0.2, 0.25) is 0 Å². The molecule has 23 heavy (non-hydrogen) atoms. The molecule has 0 spiro atoms. The quantitative estimate of drug-likeness (QED) is 0.316. The van der Waals surface area contributed by atoms with Crippen molar-refractivity contribution in [1.82, 2.24) is 9.80 Å². The number of hydrogen-bond acceptors (Lipinski definition) is 2. The molecule has 1 atom stereocenters. The van der Waals surface area contributed by atoms with Gasteiger partial charge in [-0.25, -0.2) is 0 Å². The molecule has 0 amide bonds. The molecule has 0 fully saturated rings. The molecule has 1 heterocycles. The van der Waals surface area contributed by atoms with Gasteiger partial charge in [-0.2, -0.15) is 0 Å². The van der Waals surface area contributed by atoms with Gasteiger partial charge in [0.15, 0.2) is 0 Å². The highest BCUT2D eigenvalue weighted by atomic mass is 15.4. The summed E-state index contributed by atoms with van der Waals surface area (Å²) in [5, 5.41) is 0. The first-order valence-electron chi connectivity index (χ1n) is 10.5. The van der Waals surface area contributed by atoms with Gasteiger partial charge in [0.05, 0.1) is 0 Å². The Morgan fingerprint density at radius 2 is 1.17 bits per heavy atom. The standard InChI is InChI=1S/C21H42N2/c1-4-6-8-10-12-13-15-17-21-22(3)19-20-23(21)18-16-14-11-9-7-5-2/h19-21H,4-18H2,1-3H3. The van der Waals surface area contributed by atoms with Crippen LogP contribution in [0.15, 0.2) is 12.4 Å². The van der Waals surface area contributed by atoms with E-state index >= 15 is 0 Å². The Kier molecular flexibility index (Phi) is 12.2. The predicted octanol–water partition coefficient (Wildman–Crippen LogP) is 6.53. The predicted molar refractivity (Wildman–Crippen MR) is 103 cm³/mol. The minimum atomic E-state index is 0.626. The number of nitrogens with zero attached hydrogens (tertiary/aromatic N) is 2. The largest absolute Gasteiger partial charge is 0.359 e. The highest BCUT2D eigenvalue weighted by molar-refractivity contribution is 4.95. The highest BCUT2D eigenvalue weighted by Gasteiger charge is 2.22. The summed E-state index contributed by atoms with van der Waals surface area (Å²) in [4.78, 5) is 4.99. The lowest BCUT2D eigenvalue weighted by Gasteiger charge is -2.30. The maximum absolute atomic E-state index is 2.58. The molecule has 1 aliphatic heterocycles. The summed E-state index contributed by atoms with van der Waals surface area (Å²) in [6.07, 6.45) is 24.8. The van der Waals surface area contributed by atoms with Crippen LogP contribution in [0.3, 0.4) is 0 Å². The molecule has 2 nitrogen and oxygen atoms in total. The van der Waals surface area contributed by atoms with Crippen molar-refractivity contribution in [3.05, 3.63) is 12.4 Å². The van der Waals surface area contributed by atoms with Crippen LogP contribution in [-0.4, -0.2) is 29.6 Å². The van der Waals surface area contributed by atoms with Crippen LogP contribution in [0.2, 0.25) is 0 Å². The lowest BCUT2D eigenvalue weighted by Crippen LogP contribution is -2.37. The summed E-state index contributed by atoms with van der Waals surface area (Å²) in [6.45, 7) is 5.83. The smallest absolute Gasteiger partial charge is 0.100 e. The maximum Gasteiger partial charge on any atom is 0.100 e. The first kappa shape index (κ1) is 20.4. The zero-order valence-corrected chi connectivity index (χ0v) is 16.2. The molecular weight excluding hydrogens is 280 g/mol. The van der Waals surface area contributed by atoms with Crippen molar-refractivity contribution in [2.24, 2.45) is 0 Å². The fourth-order valence-corrected chi connectivity index (χ4v) is 3.58. The van der Waals surface area contributed by atoms with E-state index in [2.05, 4.69) is 43.1 Å². The van der Waals surface area contributed by atoms with E-state index in [1.807, 2.05) is 0 Å². The summed E-state index contributed by atoms with van der Waals surface area (Å²) in [5.74, 6) is 0. The maximum atomic E-state index is 2.58. The lowest BCUT2D eigenvalue weighted by molar-refractivity contribution is 0.159. The van der Waals surface area contributed by atoms with E-state index in [1.54, 1.807) is 0 Å². The average Bonchev–Trinajstić information content (AvgIpc) is 2.90. The van der Waals surface area contributed by atoms with Crippen LogP contribution < -0.4 is 0 Å². The Bertz CT molecular complexity index is 288. The Hall–Kier alpha value is -0.660. The Balaban J connectivity index is 2.07. The molecule has 0 saturated carbocycles. The molecule has 0 aromatic carbocycles. The second-order valence-corrected chi connectivity index (χ2v) is 7.36. The molecular formula is C21H42N2. The number of rotatable bonds is 15. The minimum absolute atomic E-state index is 0.626. The molecule has 2 heteroatoms. The third-order valence-corrected chi connectivity index (χ3v) is 5.18. The third kappa shape index (κ3) is 9.27. The van der Waals surface area contributed by atoms with Crippen molar-refractivity contribution in [1.29, 1.82) is 0 Å². The van der Waals surface area contributed by atoms with Crippen molar-refractivity contribution >= 4 is 0 Å². The summed E-state index contributed by atoms with van der Waals surface area (Å²) < 4.78 is 0. The number of hydrogen-bond donors (Lipinski definition) is 0. The normalized spacial score (nSPS) is 17.4. The van der Waals surface area contributed by atoms with E-state index in [4.69, 9.17) is 0 Å². The zero-order chi connectivity index (χ0) is 16.8. The van der Waals surface area contributed by atoms with Crippen LogP contribution in [0.4, 0.5) is 0 Å². The van der Waals surface area contributed by atoms with Gasteiger partial charge in [-0.1, -0.05) is 84.5 Å². The van der Waals surface area contributed by atoms with Crippen LogP contribution in [0.5, 0.6) is 0 Å².